The summed E-state index contributed by atoms with van der Waals surface area (Å²) in [5, 5.41) is 14.0. The highest BCUT2D eigenvalue weighted by Gasteiger charge is 2.13. The molecule has 0 aliphatic rings. The first-order valence-corrected chi connectivity index (χ1v) is 7.43. The predicted octanol–water partition coefficient (Wildman–Crippen LogP) is 5.04. The monoisotopic (exact) mass is 319 g/mol. The second-order valence-electron chi connectivity index (χ2n) is 4.42. The summed E-state index contributed by atoms with van der Waals surface area (Å²) in [7, 11) is 0. The summed E-state index contributed by atoms with van der Waals surface area (Å²) in [5.41, 5.74) is 0.968. The molecule has 106 valence electrons. The molecule has 0 fully saturated rings. The van der Waals surface area contributed by atoms with Crippen molar-refractivity contribution in [1.82, 2.24) is 0 Å². The van der Waals surface area contributed by atoms with Crippen LogP contribution in [0.4, 0.5) is 5.69 Å². The van der Waals surface area contributed by atoms with Gasteiger partial charge in [0, 0.05) is 22.4 Å². The summed E-state index contributed by atoms with van der Waals surface area (Å²) in [6, 6.07) is 12.5. The van der Waals surface area contributed by atoms with Gasteiger partial charge in [0.05, 0.1) is 4.92 Å². The molecular formula is C15H10ClNO3S. The van der Waals surface area contributed by atoms with E-state index in [9.17, 15) is 10.1 Å². The summed E-state index contributed by atoms with van der Waals surface area (Å²) in [6.07, 6.45) is 0. The fraction of sp³-hybridized carbons (Fsp3) is 0.0667. The van der Waals surface area contributed by atoms with Crippen LogP contribution in [0.25, 0.3) is 10.1 Å². The zero-order valence-corrected chi connectivity index (χ0v) is 12.4. The SMILES string of the molecule is O=[N+]([O-])c1ccc(OCc2csc3ccccc23)cc1Cl. The standard InChI is InChI=1S/C15H10ClNO3S/c16-13-7-11(5-6-14(13)17(18)19)20-8-10-9-21-15-4-2-1-3-12(10)15/h1-7,9H,8H2. The maximum Gasteiger partial charge on any atom is 0.288 e. The second-order valence-corrected chi connectivity index (χ2v) is 5.73. The first kappa shape index (κ1) is 13.9. The lowest BCUT2D eigenvalue weighted by Gasteiger charge is -2.06. The maximum atomic E-state index is 10.7. The summed E-state index contributed by atoms with van der Waals surface area (Å²) in [6.45, 7) is 0.401. The fourth-order valence-corrected chi connectivity index (χ4v) is 3.22. The molecule has 0 atom stereocenters. The molecule has 4 nitrogen and oxygen atoms in total. The van der Waals surface area contributed by atoms with Crippen molar-refractivity contribution in [2.24, 2.45) is 0 Å². The molecule has 0 saturated carbocycles. The van der Waals surface area contributed by atoms with Gasteiger partial charge in [-0.05, 0) is 22.9 Å². The normalized spacial score (nSPS) is 10.7. The molecule has 0 aliphatic carbocycles. The van der Waals surface area contributed by atoms with Gasteiger partial charge in [0.15, 0.2) is 0 Å². The number of halogens is 1. The van der Waals surface area contributed by atoms with Crippen molar-refractivity contribution < 1.29 is 9.66 Å². The minimum absolute atomic E-state index is 0.0766. The summed E-state index contributed by atoms with van der Waals surface area (Å²) in [5.74, 6) is 0.515. The Balaban J connectivity index is 1.79. The van der Waals surface area contributed by atoms with Gasteiger partial charge in [0.25, 0.3) is 5.69 Å². The maximum absolute atomic E-state index is 10.7. The van der Waals surface area contributed by atoms with Crippen LogP contribution in [-0.2, 0) is 6.61 Å². The molecule has 0 amide bonds. The first-order valence-electron chi connectivity index (χ1n) is 6.17. The van der Waals surface area contributed by atoms with Crippen molar-refractivity contribution in [1.29, 1.82) is 0 Å². The third kappa shape index (κ3) is 2.84. The Bertz CT molecular complexity index is 816. The Morgan fingerprint density at radius 1 is 1.24 bits per heavy atom. The predicted molar refractivity (Wildman–Crippen MR) is 84.3 cm³/mol. The van der Waals surface area contributed by atoms with Crippen molar-refractivity contribution in [3.05, 3.63) is 68.5 Å². The molecule has 0 bridgehead atoms. The summed E-state index contributed by atoms with van der Waals surface area (Å²) < 4.78 is 6.88. The van der Waals surface area contributed by atoms with Crippen molar-refractivity contribution >= 4 is 38.7 Å². The van der Waals surface area contributed by atoms with E-state index in [0.717, 1.165) is 10.9 Å². The van der Waals surface area contributed by atoms with E-state index in [1.54, 1.807) is 17.4 Å². The molecule has 0 aliphatic heterocycles. The molecule has 0 unspecified atom stereocenters. The van der Waals surface area contributed by atoms with Crippen LogP contribution in [0, 0.1) is 10.1 Å². The molecule has 21 heavy (non-hydrogen) atoms. The van der Waals surface area contributed by atoms with Crippen LogP contribution in [0.3, 0.4) is 0 Å². The molecule has 6 heteroatoms. The molecule has 0 radical (unpaired) electrons. The highest BCUT2D eigenvalue weighted by atomic mass is 35.5. The number of hydrogen-bond donors (Lipinski definition) is 0. The van der Waals surface area contributed by atoms with Crippen molar-refractivity contribution in [2.75, 3.05) is 0 Å². The van der Waals surface area contributed by atoms with Gasteiger partial charge in [-0.2, -0.15) is 0 Å². The van der Waals surface area contributed by atoms with Gasteiger partial charge in [-0.15, -0.1) is 11.3 Å². The Morgan fingerprint density at radius 3 is 2.81 bits per heavy atom. The van der Waals surface area contributed by atoms with E-state index >= 15 is 0 Å². The number of hydrogen-bond acceptors (Lipinski definition) is 4. The van der Waals surface area contributed by atoms with E-state index in [4.69, 9.17) is 16.3 Å². The lowest BCUT2D eigenvalue weighted by Crippen LogP contribution is -1.95. The van der Waals surface area contributed by atoms with Crippen molar-refractivity contribution in [3.63, 3.8) is 0 Å². The van der Waals surface area contributed by atoms with Crippen LogP contribution >= 0.6 is 22.9 Å². The van der Waals surface area contributed by atoms with Gasteiger partial charge in [-0.25, -0.2) is 0 Å². The Morgan fingerprint density at radius 2 is 2.05 bits per heavy atom. The Labute approximate surface area is 129 Å². The van der Waals surface area contributed by atoms with Crippen LogP contribution in [0.1, 0.15) is 5.56 Å². The molecule has 2 aromatic carbocycles. The summed E-state index contributed by atoms with van der Waals surface area (Å²) >= 11 is 7.52. The summed E-state index contributed by atoms with van der Waals surface area (Å²) in [4.78, 5) is 10.2. The number of nitro groups is 1. The molecule has 0 saturated heterocycles. The molecule has 0 N–H and O–H groups in total. The van der Waals surface area contributed by atoms with E-state index in [1.807, 2.05) is 18.2 Å². The third-order valence-electron chi connectivity index (χ3n) is 3.07. The number of ether oxygens (including phenoxy) is 1. The van der Waals surface area contributed by atoms with Crippen LogP contribution in [0.2, 0.25) is 5.02 Å². The number of thiophene rings is 1. The molecule has 1 heterocycles. The Kier molecular flexibility index (Phi) is 3.77. The van der Waals surface area contributed by atoms with Gasteiger partial charge in [-0.1, -0.05) is 29.8 Å². The highest BCUT2D eigenvalue weighted by Crippen LogP contribution is 2.30. The van der Waals surface area contributed by atoms with Crippen LogP contribution in [-0.4, -0.2) is 4.92 Å². The second kappa shape index (κ2) is 5.71. The number of nitrogens with zero attached hydrogens (tertiary/aromatic N) is 1. The topological polar surface area (TPSA) is 52.4 Å². The van der Waals surface area contributed by atoms with Crippen LogP contribution in [0.15, 0.2) is 47.8 Å². The number of fused-ring (bicyclic) bond motifs is 1. The van der Waals surface area contributed by atoms with Gasteiger partial charge in [0.2, 0.25) is 0 Å². The first-order chi connectivity index (χ1) is 10.1. The lowest BCUT2D eigenvalue weighted by atomic mass is 10.2. The van der Waals surface area contributed by atoms with Crippen LogP contribution in [0.5, 0.6) is 5.75 Å². The van der Waals surface area contributed by atoms with Gasteiger partial charge in [-0.3, -0.25) is 10.1 Å². The number of nitro benzene ring substituents is 1. The van der Waals surface area contributed by atoms with Crippen LogP contribution < -0.4 is 4.74 Å². The average Bonchev–Trinajstić information content (AvgIpc) is 2.88. The van der Waals surface area contributed by atoms with Gasteiger partial charge >= 0.3 is 0 Å². The molecular weight excluding hydrogens is 310 g/mol. The quantitative estimate of drug-likeness (QED) is 0.500. The zero-order chi connectivity index (χ0) is 14.8. The van der Waals surface area contributed by atoms with E-state index in [1.165, 1.54) is 16.8 Å². The highest BCUT2D eigenvalue weighted by molar-refractivity contribution is 7.17. The molecule has 0 spiro atoms. The van der Waals surface area contributed by atoms with Gasteiger partial charge < -0.3 is 4.74 Å². The minimum Gasteiger partial charge on any atom is -0.489 e. The largest absolute Gasteiger partial charge is 0.489 e. The fourth-order valence-electron chi connectivity index (χ4n) is 2.03. The molecule has 1 aromatic heterocycles. The van der Waals surface area contributed by atoms with E-state index in [0.29, 0.717) is 12.4 Å². The third-order valence-corrected chi connectivity index (χ3v) is 4.39. The molecule has 3 rings (SSSR count). The lowest BCUT2D eigenvalue weighted by molar-refractivity contribution is -0.384. The van der Waals surface area contributed by atoms with E-state index in [-0.39, 0.29) is 10.7 Å². The minimum atomic E-state index is -0.515. The smallest absolute Gasteiger partial charge is 0.288 e. The number of benzene rings is 2. The number of rotatable bonds is 4. The van der Waals surface area contributed by atoms with Gasteiger partial charge in [0.1, 0.15) is 17.4 Å². The average molecular weight is 320 g/mol. The van der Waals surface area contributed by atoms with Crippen molar-refractivity contribution in [3.8, 4) is 5.75 Å². The van der Waals surface area contributed by atoms with E-state index < -0.39 is 4.92 Å². The van der Waals surface area contributed by atoms with Crippen molar-refractivity contribution in [2.45, 2.75) is 6.61 Å². The Hall–Kier alpha value is -2.11. The van der Waals surface area contributed by atoms with E-state index in [2.05, 4.69) is 11.4 Å². The molecule has 3 aromatic rings. The zero-order valence-electron chi connectivity index (χ0n) is 10.8.